The molecule has 2 N–H and O–H groups in total. The highest BCUT2D eigenvalue weighted by atomic mass is 16.5. The smallest absolute Gasteiger partial charge is 0.241 e. The van der Waals surface area contributed by atoms with E-state index >= 15 is 0 Å². The standard InChI is InChI=1S/C30H27N3O4/c1-18-8-10-20(11-9-18)28(34)27-26(21-12-14-23(36-2)24(16-21)37-3)30(17-31,29(32)35)25-15-13-19-6-4-5-7-22(19)33(25)27/h4-16,25-27H,1-3H3,(H2,32,35)/t25-,26+,27+,30-/m0/s1. The van der Waals surface area contributed by atoms with E-state index in [0.29, 0.717) is 22.6 Å². The van der Waals surface area contributed by atoms with Crippen molar-refractivity contribution in [3.63, 3.8) is 0 Å². The van der Waals surface area contributed by atoms with E-state index in [1.54, 1.807) is 30.3 Å². The number of carbonyl (C=O) groups is 2. The van der Waals surface area contributed by atoms with Crippen LogP contribution in [0.25, 0.3) is 6.08 Å². The number of ketones is 1. The zero-order chi connectivity index (χ0) is 26.3. The van der Waals surface area contributed by atoms with Crippen LogP contribution in [0.15, 0.2) is 72.8 Å². The van der Waals surface area contributed by atoms with Gasteiger partial charge in [0.15, 0.2) is 22.7 Å². The van der Waals surface area contributed by atoms with E-state index in [1.165, 1.54) is 14.2 Å². The van der Waals surface area contributed by atoms with E-state index in [9.17, 15) is 14.9 Å². The van der Waals surface area contributed by atoms with Crippen molar-refractivity contribution in [3.8, 4) is 17.6 Å². The topological polar surface area (TPSA) is 106 Å². The van der Waals surface area contributed by atoms with Crippen molar-refractivity contribution < 1.29 is 19.1 Å². The number of nitrogens with two attached hydrogens (primary N) is 1. The first kappa shape index (κ1) is 24.1. The molecule has 2 aliphatic rings. The van der Waals surface area contributed by atoms with E-state index in [2.05, 4.69) is 6.07 Å². The van der Waals surface area contributed by atoms with Gasteiger partial charge in [-0.05, 0) is 36.2 Å². The van der Waals surface area contributed by atoms with Gasteiger partial charge < -0.3 is 20.1 Å². The molecule has 0 aromatic heterocycles. The molecule has 1 amide bonds. The second kappa shape index (κ2) is 9.14. The maximum Gasteiger partial charge on any atom is 0.241 e. The molecule has 3 aromatic rings. The Labute approximate surface area is 215 Å². The fraction of sp³-hybridized carbons (Fsp3) is 0.233. The fourth-order valence-corrected chi connectivity index (χ4v) is 5.74. The van der Waals surface area contributed by atoms with Gasteiger partial charge in [-0.3, -0.25) is 9.59 Å². The molecule has 1 fully saturated rings. The summed E-state index contributed by atoms with van der Waals surface area (Å²) >= 11 is 0. The maximum atomic E-state index is 14.3. The number of rotatable bonds is 6. The van der Waals surface area contributed by atoms with Gasteiger partial charge in [-0.2, -0.15) is 5.26 Å². The summed E-state index contributed by atoms with van der Waals surface area (Å²) in [5.74, 6) is -0.945. The van der Waals surface area contributed by atoms with Gasteiger partial charge in [-0.15, -0.1) is 0 Å². The van der Waals surface area contributed by atoms with Gasteiger partial charge in [0.25, 0.3) is 0 Å². The Balaban J connectivity index is 1.81. The molecule has 186 valence electrons. The van der Waals surface area contributed by atoms with Crippen LogP contribution in [0.1, 0.15) is 33.0 Å². The third-order valence-corrected chi connectivity index (χ3v) is 7.51. The molecule has 0 saturated carbocycles. The molecule has 4 atom stereocenters. The summed E-state index contributed by atoms with van der Waals surface area (Å²) in [7, 11) is 3.04. The first-order valence-corrected chi connectivity index (χ1v) is 12.0. The highest BCUT2D eigenvalue weighted by Gasteiger charge is 2.65. The summed E-state index contributed by atoms with van der Waals surface area (Å²) in [6.07, 6.45) is 3.70. The molecule has 1 saturated heterocycles. The minimum absolute atomic E-state index is 0.201. The third kappa shape index (κ3) is 3.56. The molecule has 3 aromatic carbocycles. The number of para-hydroxylation sites is 1. The summed E-state index contributed by atoms with van der Waals surface area (Å²) < 4.78 is 10.9. The Bertz CT molecular complexity index is 1460. The number of amides is 1. The Morgan fingerprint density at radius 2 is 1.70 bits per heavy atom. The van der Waals surface area contributed by atoms with Crippen LogP contribution in [-0.4, -0.2) is 38.0 Å². The molecule has 2 aliphatic heterocycles. The SMILES string of the molecule is COc1ccc([C@@H]2[C@H](C(=O)c3ccc(C)cc3)N3c4ccccc4C=C[C@H]3[C@]2(C#N)C(N)=O)cc1OC. The summed E-state index contributed by atoms with van der Waals surface area (Å²) in [4.78, 5) is 29.5. The van der Waals surface area contributed by atoms with Gasteiger partial charge in [-0.1, -0.05) is 66.2 Å². The molecule has 0 unspecified atom stereocenters. The lowest BCUT2D eigenvalue weighted by Gasteiger charge is -2.36. The summed E-state index contributed by atoms with van der Waals surface area (Å²) in [6.45, 7) is 1.95. The average molecular weight is 494 g/mol. The van der Waals surface area contributed by atoms with E-state index in [1.807, 2.05) is 60.4 Å². The highest BCUT2D eigenvalue weighted by molar-refractivity contribution is 6.06. The number of nitriles is 1. The van der Waals surface area contributed by atoms with Crippen LogP contribution in [-0.2, 0) is 4.79 Å². The molecule has 0 aliphatic carbocycles. The van der Waals surface area contributed by atoms with Crippen LogP contribution >= 0.6 is 0 Å². The number of benzene rings is 3. The Morgan fingerprint density at radius 3 is 2.35 bits per heavy atom. The van der Waals surface area contributed by atoms with Crippen LogP contribution in [0.3, 0.4) is 0 Å². The summed E-state index contributed by atoms with van der Waals surface area (Å²) in [5, 5.41) is 10.7. The zero-order valence-corrected chi connectivity index (χ0v) is 20.8. The number of Topliss-reactive ketones (excluding diaryl/α,β-unsaturated/α-hetero) is 1. The number of hydrogen-bond acceptors (Lipinski definition) is 6. The van der Waals surface area contributed by atoms with Crippen LogP contribution < -0.4 is 20.1 Å². The van der Waals surface area contributed by atoms with Crippen LogP contribution in [0, 0.1) is 23.7 Å². The van der Waals surface area contributed by atoms with Crippen LogP contribution in [0.5, 0.6) is 11.5 Å². The number of nitrogens with zero attached hydrogens (tertiary/aromatic N) is 2. The quantitative estimate of drug-likeness (QED) is 0.515. The lowest BCUT2D eigenvalue weighted by atomic mass is 9.67. The number of primary amides is 1. The monoisotopic (exact) mass is 493 g/mol. The van der Waals surface area contributed by atoms with Gasteiger partial charge >= 0.3 is 0 Å². The zero-order valence-electron chi connectivity index (χ0n) is 20.8. The highest BCUT2D eigenvalue weighted by Crippen LogP contribution is 2.56. The third-order valence-electron chi connectivity index (χ3n) is 7.51. The molecule has 0 radical (unpaired) electrons. The molecule has 0 bridgehead atoms. The van der Waals surface area contributed by atoms with Gasteiger partial charge in [0.2, 0.25) is 5.91 Å². The fourth-order valence-electron chi connectivity index (χ4n) is 5.74. The molecule has 5 rings (SSSR count). The second-order valence-corrected chi connectivity index (χ2v) is 9.38. The van der Waals surface area contributed by atoms with Crippen LogP contribution in [0.2, 0.25) is 0 Å². The Hall–Kier alpha value is -4.57. The van der Waals surface area contributed by atoms with Gasteiger partial charge in [0, 0.05) is 17.2 Å². The first-order chi connectivity index (χ1) is 17.9. The summed E-state index contributed by atoms with van der Waals surface area (Å²) in [5.41, 5.74) is 8.09. The number of ether oxygens (including phenoxy) is 2. The molecular formula is C30H27N3O4. The molecule has 0 spiro atoms. The first-order valence-electron chi connectivity index (χ1n) is 12.0. The van der Waals surface area contributed by atoms with Crippen LogP contribution in [0.4, 0.5) is 5.69 Å². The Morgan fingerprint density at radius 1 is 1.00 bits per heavy atom. The predicted molar refractivity (Wildman–Crippen MR) is 141 cm³/mol. The number of hydrogen-bond donors (Lipinski definition) is 1. The van der Waals surface area contributed by atoms with Gasteiger partial charge in [0.1, 0.15) is 6.04 Å². The van der Waals surface area contributed by atoms with Crippen molar-refractivity contribution in [3.05, 3.63) is 95.1 Å². The van der Waals surface area contributed by atoms with E-state index < -0.39 is 29.3 Å². The van der Waals surface area contributed by atoms with E-state index in [0.717, 1.165) is 16.8 Å². The van der Waals surface area contributed by atoms with Crippen molar-refractivity contribution in [1.29, 1.82) is 5.26 Å². The largest absolute Gasteiger partial charge is 0.493 e. The maximum absolute atomic E-state index is 14.3. The molecule has 37 heavy (non-hydrogen) atoms. The van der Waals surface area contributed by atoms with Gasteiger partial charge in [-0.25, -0.2) is 0 Å². The molecule has 7 heteroatoms. The second-order valence-electron chi connectivity index (χ2n) is 9.38. The number of carbonyl (C=O) groups excluding carboxylic acids is 2. The predicted octanol–water partition coefficient (Wildman–Crippen LogP) is 4.26. The van der Waals surface area contributed by atoms with Crippen molar-refractivity contribution in [1.82, 2.24) is 0 Å². The Kier molecular flexibility index (Phi) is 5.96. The van der Waals surface area contributed by atoms with E-state index in [4.69, 9.17) is 15.2 Å². The normalized spacial score (nSPS) is 23.5. The average Bonchev–Trinajstić information content (AvgIpc) is 3.24. The van der Waals surface area contributed by atoms with Crippen molar-refractivity contribution >= 4 is 23.5 Å². The van der Waals surface area contributed by atoms with Gasteiger partial charge in [0.05, 0.1) is 26.3 Å². The minimum Gasteiger partial charge on any atom is -0.493 e. The number of anilines is 1. The number of fused-ring (bicyclic) bond motifs is 3. The molecule has 7 nitrogen and oxygen atoms in total. The summed E-state index contributed by atoms with van der Waals surface area (Å²) in [6, 6.07) is 20.8. The number of methoxy groups -OCH3 is 2. The van der Waals surface area contributed by atoms with Crippen molar-refractivity contribution in [2.24, 2.45) is 11.1 Å². The minimum atomic E-state index is -1.73. The molecular weight excluding hydrogens is 466 g/mol. The lowest BCUT2D eigenvalue weighted by Crippen LogP contribution is -2.49. The lowest BCUT2D eigenvalue weighted by molar-refractivity contribution is -0.125. The van der Waals surface area contributed by atoms with E-state index in [-0.39, 0.29) is 5.78 Å². The molecule has 2 heterocycles. The van der Waals surface area contributed by atoms with Crippen molar-refractivity contribution in [2.75, 3.05) is 19.1 Å². The number of aryl methyl sites for hydroxylation is 1. The van der Waals surface area contributed by atoms with Crippen molar-refractivity contribution in [2.45, 2.75) is 24.9 Å².